The van der Waals surface area contributed by atoms with Crippen LogP contribution in [0.1, 0.15) is 31.3 Å². The van der Waals surface area contributed by atoms with E-state index in [0.717, 1.165) is 31.6 Å². The van der Waals surface area contributed by atoms with Crippen LogP contribution in [-0.4, -0.2) is 26.1 Å². The van der Waals surface area contributed by atoms with Crippen molar-refractivity contribution in [1.29, 1.82) is 0 Å². The van der Waals surface area contributed by atoms with Crippen molar-refractivity contribution in [3.63, 3.8) is 0 Å². The summed E-state index contributed by atoms with van der Waals surface area (Å²) in [5.41, 5.74) is 1.26. The largest absolute Gasteiger partial charge is 0.458 e. The minimum Gasteiger partial charge on any atom is -0.458 e. The third kappa shape index (κ3) is 2.74. The summed E-state index contributed by atoms with van der Waals surface area (Å²) in [6, 6.07) is 3.82. The van der Waals surface area contributed by atoms with Gasteiger partial charge in [0.25, 0.3) is 0 Å². The first-order chi connectivity index (χ1) is 11.1. The predicted octanol–water partition coefficient (Wildman–Crippen LogP) is 4.35. The van der Waals surface area contributed by atoms with Crippen LogP contribution in [0, 0.1) is 10.8 Å². The molecule has 0 amide bonds. The van der Waals surface area contributed by atoms with Crippen LogP contribution in [0.4, 0.5) is 0 Å². The molecule has 4 rings (SSSR count). The van der Waals surface area contributed by atoms with Gasteiger partial charge in [0.1, 0.15) is 17.5 Å². The first kappa shape index (κ1) is 15.3. The van der Waals surface area contributed by atoms with Crippen molar-refractivity contribution >= 4 is 45.4 Å². The van der Waals surface area contributed by atoms with E-state index in [1.54, 1.807) is 0 Å². The van der Waals surface area contributed by atoms with Gasteiger partial charge in [-0.05, 0) is 38.3 Å². The average molecular weight is 445 g/mol. The molecule has 0 N–H and O–H groups in total. The van der Waals surface area contributed by atoms with Gasteiger partial charge in [-0.25, -0.2) is 15.0 Å². The van der Waals surface area contributed by atoms with Gasteiger partial charge in [0.2, 0.25) is 0 Å². The van der Waals surface area contributed by atoms with E-state index >= 15 is 0 Å². The van der Waals surface area contributed by atoms with Gasteiger partial charge in [0.05, 0.1) is 0 Å². The fraction of sp³-hybridized carbons (Fsp3) is 0.400. The lowest BCUT2D eigenvalue weighted by molar-refractivity contribution is -0.0289. The van der Waals surface area contributed by atoms with Crippen molar-refractivity contribution in [2.24, 2.45) is 0 Å². The normalized spacial score (nSPS) is 18.7. The standard InChI is InChI=1S/C15H14ClIN4O2/c1-8-5-6-9(23-8)13-18-11-12(16)19-15(17)20-14(11)21(13)10-4-2-3-7-22-10/h5-6,10H,2-4,7H2,1H3. The Balaban J connectivity index is 1.98. The zero-order valence-electron chi connectivity index (χ0n) is 12.4. The monoisotopic (exact) mass is 444 g/mol. The molecule has 4 heterocycles. The zero-order chi connectivity index (χ0) is 16.0. The number of rotatable bonds is 2. The number of fused-ring (bicyclic) bond motifs is 1. The van der Waals surface area contributed by atoms with Gasteiger partial charge in [0.15, 0.2) is 26.2 Å². The third-order valence-electron chi connectivity index (χ3n) is 3.87. The maximum Gasteiger partial charge on any atom is 0.194 e. The summed E-state index contributed by atoms with van der Waals surface area (Å²) in [7, 11) is 0. The molecule has 1 atom stereocenters. The molecule has 0 bridgehead atoms. The Bertz CT molecular complexity index is 870. The van der Waals surface area contributed by atoms with Crippen molar-refractivity contribution in [2.75, 3.05) is 6.61 Å². The fourth-order valence-corrected chi connectivity index (χ4v) is 3.66. The lowest BCUT2D eigenvalue weighted by atomic mass is 10.2. The number of hydrogen-bond acceptors (Lipinski definition) is 5. The van der Waals surface area contributed by atoms with E-state index in [4.69, 9.17) is 20.8 Å². The summed E-state index contributed by atoms with van der Waals surface area (Å²) >= 11 is 8.33. The molecule has 0 spiro atoms. The Kier molecular flexibility index (Phi) is 4.02. The highest BCUT2D eigenvalue weighted by atomic mass is 127. The molecule has 0 radical (unpaired) electrons. The highest BCUT2D eigenvalue weighted by Gasteiger charge is 2.26. The summed E-state index contributed by atoms with van der Waals surface area (Å²) in [6.45, 7) is 2.64. The Morgan fingerprint density at radius 3 is 2.83 bits per heavy atom. The second-order valence-corrected chi connectivity index (χ2v) is 6.82. The van der Waals surface area contributed by atoms with Gasteiger partial charge >= 0.3 is 0 Å². The Hall–Kier alpha value is -1.19. The number of imidazole rings is 1. The van der Waals surface area contributed by atoms with E-state index in [-0.39, 0.29) is 6.23 Å². The number of nitrogens with zero attached hydrogens (tertiary/aromatic N) is 4. The molecule has 1 saturated heterocycles. The molecule has 1 fully saturated rings. The molecule has 3 aromatic heterocycles. The van der Waals surface area contributed by atoms with Gasteiger partial charge in [0, 0.05) is 29.2 Å². The lowest BCUT2D eigenvalue weighted by Gasteiger charge is -2.25. The van der Waals surface area contributed by atoms with E-state index in [2.05, 4.69) is 37.5 Å². The van der Waals surface area contributed by atoms with Crippen LogP contribution in [0.3, 0.4) is 0 Å². The van der Waals surface area contributed by atoms with Crippen LogP contribution >= 0.6 is 34.2 Å². The molecule has 1 unspecified atom stereocenters. The van der Waals surface area contributed by atoms with Crippen molar-refractivity contribution < 1.29 is 9.15 Å². The maximum atomic E-state index is 6.28. The summed E-state index contributed by atoms with van der Waals surface area (Å²) in [5, 5.41) is 0.346. The summed E-state index contributed by atoms with van der Waals surface area (Å²) in [4.78, 5) is 13.4. The van der Waals surface area contributed by atoms with Crippen LogP contribution < -0.4 is 0 Å². The number of aromatic nitrogens is 4. The Morgan fingerprint density at radius 1 is 1.26 bits per heavy atom. The van der Waals surface area contributed by atoms with Gasteiger partial charge in [-0.1, -0.05) is 11.6 Å². The highest BCUT2D eigenvalue weighted by molar-refractivity contribution is 14.1. The topological polar surface area (TPSA) is 66.0 Å². The van der Waals surface area contributed by atoms with Crippen LogP contribution in [0.5, 0.6) is 0 Å². The maximum absolute atomic E-state index is 6.28. The van der Waals surface area contributed by atoms with Gasteiger partial charge in [-0.15, -0.1) is 0 Å². The Labute approximate surface area is 151 Å². The third-order valence-corrected chi connectivity index (χ3v) is 4.62. The van der Waals surface area contributed by atoms with E-state index in [0.29, 0.717) is 31.7 Å². The van der Waals surface area contributed by atoms with Crippen LogP contribution in [0.15, 0.2) is 16.5 Å². The fourth-order valence-electron chi connectivity index (χ4n) is 2.84. The molecule has 1 aliphatic heterocycles. The minimum atomic E-state index is -0.115. The summed E-state index contributed by atoms with van der Waals surface area (Å²) in [6.07, 6.45) is 2.98. The molecule has 3 aromatic rings. The van der Waals surface area contributed by atoms with E-state index in [9.17, 15) is 0 Å². The molecular formula is C15H14ClIN4O2. The molecule has 1 aliphatic rings. The number of hydrogen-bond donors (Lipinski definition) is 0. The predicted molar refractivity (Wildman–Crippen MR) is 94.3 cm³/mol. The van der Waals surface area contributed by atoms with Crippen LogP contribution in [0.25, 0.3) is 22.7 Å². The number of aryl methyl sites for hydroxylation is 1. The van der Waals surface area contributed by atoms with Crippen LogP contribution in [0.2, 0.25) is 5.15 Å². The zero-order valence-corrected chi connectivity index (χ0v) is 15.3. The average Bonchev–Trinajstić information content (AvgIpc) is 3.12. The van der Waals surface area contributed by atoms with E-state index in [1.807, 2.05) is 23.6 Å². The van der Waals surface area contributed by atoms with Crippen molar-refractivity contribution in [3.05, 3.63) is 26.9 Å². The van der Waals surface area contributed by atoms with Gasteiger partial charge in [-0.2, -0.15) is 0 Å². The van der Waals surface area contributed by atoms with Crippen LogP contribution in [-0.2, 0) is 4.74 Å². The summed E-state index contributed by atoms with van der Waals surface area (Å²) < 4.78 is 14.3. The lowest BCUT2D eigenvalue weighted by Crippen LogP contribution is -2.19. The van der Waals surface area contributed by atoms with Crippen molar-refractivity contribution in [1.82, 2.24) is 19.5 Å². The number of furan rings is 1. The van der Waals surface area contributed by atoms with E-state index in [1.165, 1.54) is 0 Å². The first-order valence-electron chi connectivity index (χ1n) is 7.43. The molecule has 0 aromatic carbocycles. The second kappa shape index (κ2) is 6.03. The molecule has 6 nitrogen and oxygen atoms in total. The second-order valence-electron chi connectivity index (χ2n) is 5.49. The molecule has 23 heavy (non-hydrogen) atoms. The smallest absolute Gasteiger partial charge is 0.194 e. The first-order valence-corrected chi connectivity index (χ1v) is 8.88. The van der Waals surface area contributed by atoms with Crippen molar-refractivity contribution in [3.8, 4) is 11.6 Å². The molecule has 120 valence electrons. The SMILES string of the molecule is Cc1ccc(-c2nc3c(Cl)nc(I)nc3n2C2CCCCO2)o1. The molecule has 0 saturated carbocycles. The summed E-state index contributed by atoms with van der Waals surface area (Å²) in [5.74, 6) is 2.19. The van der Waals surface area contributed by atoms with Gasteiger partial charge in [-0.3, -0.25) is 4.57 Å². The van der Waals surface area contributed by atoms with E-state index < -0.39 is 0 Å². The molecular weight excluding hydrogens is 431 g/mol. The quantitative estimate of drug-likeness (QED) is 0.334. The molecule has 0 aliphatic carbocycles. The van der Waals surface area contributed by atoms with Gasteiger partial charge < -0.3 is 9.15 Å². The Morgan fingerprint density at radius 2 is 2.13 bits per heavy atom. The highest BCUT2D eigenvalue weighted by Crippen LogP contribution is 2.34. The number of halogens is 2. The minimum absolute atomic E-state index is 0.115. The molecule has 8 heteroatoms. The van der Waals surface area contributed by atoms with Crippen molar-refractivity contribution in [2.45, 2.75) is 32.4 Å². The number of ether oxygens (including phenoxy) is 1.